The molecule has 1 aliphatic rings. The molecule has 0 aliphatic carbocycles. The number of hydrogen-bond acceptors (Lipinski definition) is 3. The van der Waals surface area contributed by atoms with Crippen LogP contribution in [0.2, 0.25) is 0 Å². The molecule has 0 amide bonds. The second-order valence-corrected chi connectivity index (χ2v) is 13.1. The molecule has 1 aliphatic heterocycles. The molecule has 0 bridgehead atoms. The zero-order valence-corrected chi connectivity index (χ0v) is 27.3. The zero-order chi connectivity index (χ0) is 28.4. The van der Waals surface area contributed by atoms with E-state index in [1.54, 1.807) is 0 Å². The first-order valence-corrected chi connectivity index (χ1v) is 18.0. The maximum atomic E-state index is 12.9. The Hall–Kier alpha value is -0.570. The standard InChI is InChI=1S/C36H71NO2/c1-5-8-11-13-14-18-22-27-35(39-36(38)34-29-31-37(4)32-30-34)28-23-19-16-15-17-21-26-33(24-10-7-3)25-20-12-9-6-2/h33-35H,5-32H2,1-4H3. The van der Waals surface area contributed by atoms with Gasteiger partial charge in [-0.05, 0) is 64.6 Å². The lowest BCUT2D eigenvalue weighted by Crippen LogP contribution is -2.35. The molecule has 232 valence electrons. The summed E-state index contributed by atoms with van der Waals surface area (Å²) in [5, 5.41) is 0. The molecule has 0 N–H and O–H groups in total. The Bertz CT molecular complexity index is 528. The second kappa shape index (κ2) is 26.3. The van der Waals surface area contributed by atoms with Crippen LogP contribution in [0.15, 0.2) is 0 Å². The van der Waals surface area contributed by atoms with Crippen molar-refractivity contribution in [3.63, 3.8) is 0 Å². The molecule has 1 saturated heterocycles. The van der Waals surface area contributed by atoms with Gasteiger partial charge in [-0.15, -0.1) is 0 Å². The third-order valence-electron chi connectivity index (χ3n) is 9.28. The largest absolute Gasteiger partial charge is 0.462 e. The molecule has 0 aromatic rings. The average molecular weight is 550 g/mol. The third-order valence-corrected chi connectivity index (χ3v) is 9.28. The van der Waals surface area contributed by atoms with E-state index in [0.29, 0.717) is 0 Å². The van der Waals surface area contributed by atoms with Crippen molar-refractivity contribution in [2.24, 2.45) is 11.8 Å². The minimum absolute atomic E-state index is 0.100. The van der Waals surface area contributed by atoms with Gasteiger partial charge in [0.25, 0.3) is 0 Å². The Labute approximate surface area is 246 Å². The minimum Gasteiger partial charge on any atom is -0.462 e. The molecule has 1 fully saturated rings. The third kappa shape index (κ3) is 20.9. The van der Waals surface area contributed by atoms with Crippen LogP contribution in [0, 0.1) is 11.8 Å². The van der Waals surface area contributed by atoms with Crippen LogP contribution < -0.4 is 0 Å². The van der Waals surface area contributed by atoms with Gasteiger partial charge in [0, 0.05) is 0 Å². The predicted octanol–water partition coefficient (Wildman–Crippen LogP) is 11.3. The van der Waals surface area contributed by atoms with Gasteiger partial charge < -0.3 is 9.64 Å². The predicted molar refractivity (Wildman–Crippen MR) is 171 cm³/mol. The van der Waals surface area contributed by atoms with E-state index in [2.05, 4.69) is 32.7 Å². The van der Waals surface area contributed by atoms with Crippen LogP contribution >= 0.6 is 0 Å². The van der Waals surface area contributed by atoms with Crippen molar-refractivity contribution in [3.05, 3.63) is 0 Å². The van der Waals surface area contributed by atoms with E-state index in [1.807, 2.05) is 0 Å². The van der Waals surface area contributed by atoms with Crippen molar-refractivity contribution < 1.29 is 9.53 Å². The number of carbonyl (C=O) groups excluding carboxylic acids is 1. The summed E-state index contributed by atoms with van der Waals surface area (Å²) >= 11 is 0. The summed E-state index contributed by atoms with van der Waals surface area (Å²) < 4.78 is 6.16. The molecule has 39 heavy (non-hydrogen) atoms. The van der Waals surface area contributed by atoms with Crippen LogP contribution in [-0.4, -0.2) is 37.1 Å². The molecule has 2 atom stereocenters. The lowest BCUT2D eigenvalue weighted by atomic mass is 9.90. The van der Waals surface area contributed by atoms with Gasteiger partial charge in [0.15, 0.2) is 0 Å². The first-order chi connectivity index (χ1) is 19.1. The first kappa shape index (κ1) is 36.5. The van der Waals surface area contributed by atoms with E-state index < -0.39 is 0 Å². The smallest absolute Gasteiger partial charge is 0.309 e. The summed E-state index contributed by atoms with van der Waals surface area (Å²) in [4.78, 5) is 15.2. The van der Waals surface area contributed by atoms with Gasteiger partial charge in [-0.25, -0.2) is 0 Å². The maximum absolute atomic E-state index is 12.9. The van der Waals surface area contributed by atoms with Gasteiger partial charge in [-0.2, -0.15) is 0 Å². The number of rotatable bonds is 27. The lowest BCUT2D eigenvalue weighted by molar-refractivity contribution is -0.156. The first-order valence-electron chi connectivity index (χ1n) is 18.0. The van der Waals surface area contributed by atoms with Gasteiger partial charge in [-0.3, -0.25) is 4.79 Å². The fourth-order valence-electron chi connectivity index (χ4n) is 6.39. The molecule has 0 spiro atoms. The monoisotopic (exact) mass is 550 g/mol. The molecule has 3 heteroatoms. The SMILES string of the molecule is CCCCCCCCCC(CCCCCCCCC(CCCC)CCCCCC)OC(=O)C1CCN(C)CC1. The number of piperidine rings is 1. The minimum atomic E-state index is 0.100. The van der Waals surface area contributed by atoms with Crippen LogP contribution in [-0.2, 0) is 9.53 Å². The molecular weight excluding hydrogens is 478 g/mol. The van der Waals surface area contributed by atoms with E-state index >= 15 is 0 Å². The van der Waals surface area contributed by atoms with Crippen LogP contribution in [0.3, 0.4) is 0 Å². The van der Waals surface area contributed by atoms with E-state index in [0.717, 1.165) is 44.7 Å². The topological polar surface area (TPSA) is 29.5 Å². The Morgan fingerprint density at radius 2 is 0.974 bits per heavy atom. The highest BCUT2D eigenvalue weighted by Crippen LogP contribution is 2.25. The quantitative estimate of drug-likeness (QED) is 0.0753. The van der Waals surface area contributed by atoms with E-state index in [-0.39, 0.29) is 18.0 Å². The Morgan fingerprint density at radius 3 is 1.46 bits per heavy atom. The summed E-state index contributed by atoms with van der Waals surface area (Å²) in [6.07, 6.45) is 34.4. The fourth-order valence-corrected chi connectivity index (χ4v) is 6.39. The van der Waals surface area contributed by atoms with E-state index in [9.17, 15) is 4.79 Å². The summed E-state index contributed by atoms with van der Waals surface area (Å²) in [7, 11) is 2.16. The summed E-state index contributed by atoms with van der Waals surface area (Å²) in [6, 6.07) is 0. The highest BCUT2D eigenvalue weighted by molar-refractivity contribution is 5.72. The lowest BCUT2D eigenvalue weighted by Gasteiger charge is -2.29. The van der Waals surface area contributed by atoms with Gasteiger partial charge in [0.1, 0.15) is 6.10 Å². The summed E-state index contributed by atoms with van der Waals surface area (Å²) in [5.74, 6) is 1.21. The van der Waals surface area contributed by atoms with Gasteiger partial charge in [0.2, 0.25) is 0 Å². The normalized spacial score (nSPS) is 16.4. The van der Waals surface area contributed by atoms with Crippen LogP contribution in [0.4, 0.5) is 0 Å². The molecule has 0 aromatic carbocycles. The highest BCUT2D eigenvalue weighted by Gasteiger charge is 2.26. The average Bonchev–Trinajstić information content (AvgIpc) is 2.94. The van der Waals surface area contributed by atoms with Crippen LogP contribution in [0.1, 0.15) is 188 Å². The number of carbonyl (C=O) groups is 1. The van der Waals surface area contributed by atoms with Gasteiger partial charge in [-0.1, -0.05) is 149 Å². The van der Waals surface area contributed by atoms with Crippen LogP contribution in [0.5, 0.6) is 0 Å². The Morgan fingerprint density at radius 1 is 0.590 bits per heavy atom. The number of nitrogens with zero attached hydrogens (tertiary/aromatic N) is 1. The van der Waals surface area contributed by atoms with Gasteiger partial charge in [0.05, 0.1) is 5.92 Å². The van der Waals surface area contributed by atoms with Crippen molar-refractivity contribution in [1.29, 1.82) is 0 Å². The summed E-state index contributed by atoms with van der Waals surface area (Å²) in [6.45, 7) is 8.99. The Balaban J connectivity index is 2.26. The molecule has 2 unspecified atom stereocenters. The molecule has 0 saturated carbocycles. The number of ether oxygens (including phenoxy) is 1. The molecule has 1 heterocycles. The van der Waals surface area contributed by atoms with Crippen molar-refractivity contribution in [1.82, 2.24) is 4.90 Å². The number of unbranched alkanes of at least 4 members (excludes halogenated alkanes) is 15. The molecule has 0 radical (unpaired) electrons. The molecule has 3 nitrogen and oxygen atoms in total. The van der Waals surface area contributed by atoms with Gasteiger partial charge >= 0.3 is 5.97 Å². The fraction of sp³-hybridized carbons (Fsp3) is 0.972. The number of hydrogen-bond donors (Lipinski definition) is 0. The van der Waals surface area contributed by atoms with Crippen molar-refractivity contribution in [3.8, 4) is 0 Å². The van der Waals surface area contributed by atoms with Crippen LogP contribution in [0.25, 0.3) is 0 Å². The van der Waals surface area contributed by atoms with E-state index in [1.165, 1.54) is 141 Å². The number of likely N-dealkylation sites (tertiary alicyclic amines) is 1. The highest BCUT2D eigenvalue weighted by atomic mass is 16.5. The molecular formula is C36H71NO2. The number of esters is 1. The van der Waals surface area contributed by atoms with Crippen molar-refractivity contribution in [2.45, 2.75) is 194 Å². The van der Waals surface area contributed by atoms with E-state index in [4.69, 9.17) is 4.74 Å². The van der Waals surface area contributed by atoms with Crippen molar-refractivity contribution in [2.75, 3.05) is 20.1 Å². The second-order valence-electron chi connectivity index (χ2n) is 13.1. The molecule has 1 rings (SSSR count). The zero-order valence-electron chi connectivity index (χ0n) is 27.3. The molecule has 0 aromatic heterocycles. The Kier molecular flexibility index (Phi) is 24.6. The summed E-state index contributed by atoms with van der Waals surface area (Å²) in [5.41, 5.74) is 0. The van der Waals surface area contributed by atoms with Crippen molar-refractivity contribution >= 4 is 5.97 Å². The maximum Gasteiger partial charge on any atom is 0.309 e.